The van der Waals surface area contributed by atoms with Gasteiger partial charge in [0.25, 0.3) is 5.91 Å². The van der Waals surface area contributed by atoms with Gasteiger partial charge in [0.1, 0.15) is 5.82 Å². The Kier molecular flexibility index (Phi) is 3.94. The zero-order valence-electron chi connectivity index (χ0n) is 11.2. The summed E-state index contributed by atoms with van der Waals surface area (Å²) in [5.41, 5.74) is 1.50. The van der Waals surface area contributed by atoms with E-state index in [9.17, 15) is 14.0 Å². The molecular weight excluding hydrogens is 257 g/mol. The highest BCUT2D eigenvalue weighted by Crippen LogP contribution is 2.15. The van der Waals surface area contributed by atoms with Crippen molar-refractivity contribution >= 4 is 17.4 Å². The van der Waals surface area contributed by atoms with Crippen LogP contribution < -0.4 is 5.32 Å². The molecule has 0 unspecified atom stereocenters. The zero-order valence-corrected chi connectivity index (χ0v) is 11.2. The molecule has 1 amide bonds. The Morgan fingerprint density at radius 1 is 1.05 bits per heavy atom. The van der Waals surface area contributed by atoms with Gasteiger partial charge in [0.05, 0.1) is 5.56 Å². The lowest BCUT2D eigenvalue weighted by Crippen LogP contribution is -2.14. The molecule has 0 spiro atoms. The number of hydrogen-bond donors (Lipinski definition) is 1. The molecule has 0 radical (unpaired) electrons. The standard InChI is InChI=1S/C16H14FNO2/c1-10-4-3-5-14(15(10)17)16(20)18-13-8-6-12(7-9-13)11(2)19/h3-9H,1-2H3,(H,18,20). The zero-order chi connectivity index (χ0) is 14.7. The van der Waals surface area contributed by atoms with Gasteiger partial charge in [-0.1, -0.05) is 12.1 Å². The first-order valence-corrected chi connectivity index (χ1v) is 6.16. The lowest BCUT2D eigenvalue weighted by molar-refractivity contribution is 0.101. The summed E-state index contributed by atoms with van der Waals surface area (Å²) in [6, 6.07) is 11.1. The van der Waals surface area contributed by atoms with Gasteiger partial charge in [0, 0.05) is 11.3 Å². The monoisotopic (exact) mass is 271 g/mol. The topological polar surface area (TPSA) is 46.2 Å². The van der Waals surface area contributed by atoms with E-state index in [1.54, 1.807) is 43.3 Å². The van der Waals surface area contributed by atoms with E-state index in [0.717, 1.165) is 0 Å². The minimum absolute atomic E-state index is 0.000597. The van der Waals surface area contributed by atoms with Crippen LogP contribution in [0.2, 0.25) is 0 Å². The average molecular weight is 271 g/mol. The van der Waals surface area contributed by atoms with Crippen molar-refractivity contribution in [2.45, 2.75) is 13.8 Å². The number of nitrogens with one attached hydrogen (secondary N) is 1. The van der Waals surface area contributed by atoms with Crippen LogP contribution in [0.4, 0.5) is 10.1 Å². The third kappa shape index (κ3) is 2.91. The molecule has 4 heteroatoms. The SMILES string of the molecule is CC(=O)c1ccc(NC(=O)c2cccc(C)c2F)cc1. The smallest absolute Gasteiger partial charge is 0.258 e. The minimum atomic E-state index is -0.523. The molecule has 0 aliphatic heterocycles. The van der Waals surface area contributed by atoms with Crippen molar-refractivity contribution in [2.24, 2.45) is 0 Å². The fourth-order valence-corrected chi connectivity index (χ4v) is 1.81. The fraction of sp³-hybridized carbons (Fsp3) is 0.125. The quantitative estimate of drug-likeness (QED) is 0.867. The molecule has 102 valence electrons. The van der Waals surface area contributed by atoms with Crippen molar-refractivity contribution in [1.29, 1.82) is 0 Å². The van der Waals surface area contributed by atoms with Crippen molar-refractivity contribution in [3.8, 4) is 0 Å². The van der Waals surface area contributed by atoms with Gasteiger partial charge in [0.15, 0.2) is 5.78 Å². The molecule has 0 saturated heterocycles. The van der Waals surface area contributed by atoms with Gasteiger partial charge < -0.3 is 5.32 Å². The molecule has 0 aliphatic rings. The number of Topliss-reactive ketones (excluding diaryl/α,β-unsaturated/α-hetero) is 1. The lowest BCUT2D eigenvalue weighted by Gasteiger charge is -2.07. The molecule has 1 N–H and O–H groups in total. The van der Waals surface area contributed by atoms with Crippen molar-refractivity contribution < 1.29 is 14.0 Å². The van der Waals surface area contributed by atoms with Crippen molar-refractivity contribution in [2.75, 3.05) is 5.32 Å². The van der Waals surface area contributed by atoms with E-state index < -0.39 is 11.7 Å². The molecule has 0 aliphatic carbocycles. The summed E-state index contributed by atoms with van der Waals surface area (Å²) in [4.78, 5) is 23.1. The summed E-state index contributed by atoms with van der Waals surface area (Å²) >= 11 is 0. The first kappa shape index (κ1) is 13.9. The Labute approximate surface area is 116 Å². The lowest BCUT2D eigenvalue weighted by atomic mass is 10.1. The predicted molar refractivity (Wildman–Crippen MR) is 75.5 cm³/mol. The van der Waals surface area contributed by atoms with E-state index in [0.29, 0.717) is 16.8 Å². The first-order chi connectivity index (χ1) is 9.49. The second kappa shape index (κ2) is 5.65. The van der Waals surface area contributed by atoms with Crippen molar-refractivity contribution in [3.05, 3.63) is 65.0 Å². The predicted octanol–water partition coefficient (Wildman–Crippen LogP) is 3.59. The Morgan fingerprint density at radius 3 is 2.30 bits per heavy atom. The minimum Gasteiger partial charge on any atom is -0.322 e. The molecule has 0 bridgehead atoms. The number of carbonyl (C=O) groups is 2. The highest BCUT2D eigenvalue weighted by atomic mass is 19.1. The summed E-state index contributed by atoms with van der Waals surface area (Å²) in [6.45, 7) is 3.07. The average Bonchev–Trinajstić information content (AvgIpc) is 2.42. The van der Waals surface area contributed by atoms with Crippen LogP contribution in [0.1, 0.15) is 33.2 Å². The highest BCUT2D eigenvalue weighted by molar-refractivity contribution is 6.04. The number of amides is 1. The van der Waals surface area contributed by atoms with Crippen LogP contribution in [0, 0.1) is 12.7 Å². The summed E-state index contributed by atoms with van der Waals surface area (Å²) < 4.78 is 13.8. The molecule has 20 heavy (non-hydrogen) atoms. The number of benzene rings is 2. The number of rotatable bonds is 3. The molecule has 2 rings (SSSR count). The van der Waals surface area contributed by atoms with Gasteiger partial charge in [-0.2, -0.15) is 0 Å². The van der Waals surface area contributed by atoms with Crippen LogP contribution in [0.3, 0.4) is 0 Å². The van der Waals surface area contributed by atoms with Gasteiger partial charge >= 0.3 is 0 Å². The number of halogens is 1. The number of carbonyl (C=O) groups excluding carboxylic acids is 2. The number of hydrogen-bond acceptors (Lipinski definition) is 2. The van der Waals surface area contributed by atoms with Crippen LogP contribution in [0.5, 0.6) is 0 Å². The molecular formula is C16H14FNO2. The van der Waals surface area contributed by atoms with E-state index in [1.807, 2.05) is 0 Å². The van der Waals surface area contributed by atoms with Crippen LogP contribution in [0.25, 0.3) is 0 Å². The third-order valence-corrected chi connectivity index (χ3v) is 2.99. The summed E-state index contributed by atoms with van der Waals surface area (Å²) in [5, 5.41) is 2.60. The maximum absolute atomic E-state index is 13.8. The van der Waals surface area contributed by atoms with Gasteiger partial charge in [0.2, 0.25) is 0 Å². The van der Waals surface area contributed by atoms with Gasteiger partial charge in [-0.15, -0.1) is 0 Å². The molecule has 2 aromatic rings. The number of ketones is 1. The van der Waals surface area contributed by atoms with Crippen LogP contribution in [-0.2, 0) is 0 Å². The summed E-state index contributed by atoms with van der Waals surface area (Å²) in [7, 11) is 0. The molecule has 0 heterocycles. The molecule has 0 fully saturated rings. The Bertz CT molecular complexity index is 663. The van der Waals surface area contributed by atoms with E-state index in [2.05, 4.69) is 5.32 Å². The van der Waals surface area contributed by atoms with E-state index in [1.165, 1.54) is 13.0 Å². The third-order valence-electron chi connectivity index (χ3n) is 2.99. The van der Waals surface area contributed by atoms with Crippen molar-refractivity contribution in [1.82, 2.24) is 0 Å². The van der Waals surface area contributed by atoms with Gasteiger partial charge in [-0.3, -0.25) is 9.59 Å². The van der Waals surface area contributed by atoms with Crippen LogP contribution in [-0.4, -0.2) is 11.7 Å². The van der Waals surface area contributed by atoms with Gasteiger partial charge in [-0.25, -0.2) is 4.39 Å². The van der Waals surface area contributed by atoms with Crippen molar-refractivity contribution in [3.63, 3.8) is 0 Å². The normalized spacial score (nSPS) is 10.2. The maximum atomic E-state index is 13.8. The second-order valence-electron chi connectivity index (χ2n) is 4.52. The van der Waals surface area contributed by atoms with Gasteiger partial charge in [-0.05, 0) is 49.7 Å². The van der Waals surface area contributed by atoms with E-state index >= 15 is 0 Å². The molecule has 0 saturated carbocycles. The summed E-state index contributed by atoms with van der Waals surface area (Å²) in [6.07, 6.45) is 0. The maximum Gasteiger partial charge on any atom is 0.258 e. The number of anilines is 1. The molecule has 3 nitrogen and oxygen atoms in total. The molecule has 0 atom stereocenters. The fourth-order valence-electron chi connectivity index (χ4n) is 1.81. The molecule has 0 aromatic heterocycles. The van der Waals surface area contributed by atoms with Crippen LogP contribution >= 0.6 is 0 Å². The van der Waals surface area contributed by atoms with Crippen LogP contribution in [0.15, 0.2) is 42.5 Å². The first-order valence-electron chi connectivity index (χ1n) is 6.16. The number of aryl methyl sites for hydroxylation is 1. The Hall–Kier alpha value is -2.49. The Morgan fingerprint density at radius 2 is 1.70 bits per heavy atom. The summed E-state index contributed by atoms with van der Waals surface area (Å²) in [5.74, 6) is -1.08. The highest BCUT2D eigenvalue weighted by Gasteiger charge is 2.13. The molecule has 2 aromatic carbocycles. The second-order valence-corrected chi connectivity index (χ2v) is 4.52. The Balaban J connectivity index is 2.19. The largest absolute Gasteiger partial charge is 0.322 e. The van der Waals surface area contributed by atoms with E-state index in [4.69, 9.17) is 0 Å². The van der Waals surface area contributed by atoms with E-state index in [-0.39, 0.29) is 11.3 Å².